The van der Waals surface area contributed by atoms with E-state index >= 15 is 0 Å². The number of aryl methyl sites for hydroxylation is 3. The largest absolute Gasteiger partial charge is 0.479 e. The molecule has 164 valence electrons. The van der Waals surface area contributed by atoms with Crippen molar-refractivity contribution in [2.24, 2.45) is 7.05 Å². The third-order valence-electron chi connectivity index (χ3n) is 5.04. The SMILES string of the molecule is CC1N(Cl)C=C(OCC(F)(F)F)c2nc(CCc3nc(N4CCCC4)nn3C)nn21. The first-order valence-electron chi connectivity index (χ1n) is 9.67. The Morgan fingerprint density at radius 2 is 1.90 bits per heavy atom. The summed E-state index contributed by atoms with van der Waals surface area (Å²) < 4.78 is 47.0. The average Bonchev–Trinajstić information content (AvgIpc) is 3.40. The van der Waals surface area contributed by atoms with E-state index in [1.165, 1.54) is 15.3 Å². The van der Waals surface area contributed by atoms with E-state index in [0.717, 1.165) is 37.7 Å². The maximum absolute atomic E-state index is 12.6. The van der Waals surface area contributed by atoms with Gasteiger partial charge in [0.05, 0.1) is 6.20 Å². The molecule has 2 aromatic heterocycles. The van der Waals surface area contributed by atoms with Gasteiger partial charge in [0.25, 0.3) is 0 Å². The second kappa shape index (κ2) is 7.97. The first kappa shape index (κ1) is 20.8. The topological polar surface area (TPSA) is 77.1 Å². The van der Waals surface area contributed by atoms with Crippen molar-refractivity contribution in [3.05, 3.63) is 23.7 Å². The minimum atomic E-state index is -4.47. The number of hydrogen-bond donors (Lipinski definition) is 0. The molecule has 4 heterocycles. The van der Waals surface area contributed by atoms with Crippen molar-refractivity contribution in [2.75, 3.05) is 24.6 Å². The smallest absolute Gasteiger partial charge is 0.422 e. The van der Waals surface area contributed by atoms with Gasteiger partial charge < -0.3 is 9.64 Å². The van der Waals surface area contributed by atoms with Gasteiger partial charge in [-0.05, 0) is 19.8 Å². The highest BCUT2D eigenvalue weighted by Crippen LogP contribution is 2.30. The Bertz CT molecular complexity index is 934. The van der Waals surface area contributed by atoms with Gasteiger partial charge in [0.2, 0.25) is 5.95 Å². The minimum absolute atomic E-state index is 0.0749. The molecule has 2 aliphatic rings. The molecule has 0 aliphatic carbocycles. The van der Waals surface area contributed by atoms with Gasteiger partial charge in [-0.15, -0.1) is 5.10 Å². The number of rotatable bonds is 6. The summed E-state index contributed by atoms with van der Waals surface area (Å²) in [6.07, 6.45) is -0.323. The Hall–Kier alpha value is -2.50. The Morgan fingerprint density at radius 1 is 1.17 bits per heavy atom. The fourth-order valence-electron chi connectivity index (χ4n) is 3.44. The van der Waals surface area contributed by atoms with Crippen LogP contribution in [0.15, 0.2) is 6.20 Å². The van der Waals surface area contributed by atoms with Crippen LogP contribution in [0.25, 0.3) is 5.76 Å². The second-order valence-electron chi connectivity index (χ2n) is 7.32. The highest BCUT2D eigenvalue weighted by Gasteiger charge is 2.33. The monoisotopic (exact) mass is 446 g/mol. The Kier molecular flexibility index (Phi) is 5.51. The number of fused-ring (bicyclic) bond motifs is 1. The summed E-state index contributed by atoms with van der Waals surface area (Å²) in [7, 11) is 1.84. The Balaban J connectivity index is 1.48. The molecule has 2 aromatic rings. The van der Waals surface area contributed by atoms with Gasteiger partial charge in [0.15, 0.2) is 24.0 Å². The van der Waals surface area contributed by atoms with Gasteiger partial charge in [-0.2, -0.15) is 23.3 Å². The van der Waals surface area contributed by atoms with Gasteiger partial charge in [-0.3, -0.25) is 9.10 Å². The highest BCUT2D eigenvalue weighted by molar-refractivity contribution is 6.14. The molecule has 1 unspecified atom stereocenters. The standard InChI is InChI=1S/C17H22ClF3N8O/c1-11-28(18)9-12(30-10-17(19,20)21)15-22-13(24-29(11)15)5-6-14-23-16(25-26(14)2)27-7-3-4-8-27/h9,11H,3-8,10H2,1-2H3. The lowest BCUT2D eigenvalue weighted by atomic mass is 10.3. The Labute approximate surface area is 176 Å². The van der Waals surface area contributed by atoms with E-state index in [2.05, 4.69) is 25.1 Å². The molecular formula is C17H22ClF3N8O. The van der Waals surface area contributed by atoms with Crippen LogP contribution >= 0.6 is 11.8 Å². The van der Waals surface area contributed by atoms with Crippen molar-refractivity contribution in [2.45, 2.75) is 44.9 Å². The van der Waals surface area contributed by atoms with Crippen LogP contribution < -0.4 is 4.90 Å². The molecule has 1 atom stereocenters. The number of hydrogen-bond acceptors (Lipinski definition) is 7. The Morgan fingerprint density at radius 3 is 2.60 bits per heavy atom. The van der Waals surface area contributed by atoms with Crippen LogP contribution in [0.1, 0.15) is 43.4 Å². The maximum atomic E-state index is 12.6. The average molecular weight is 447 g/mol. The fourth-order valence-corrected chi connectivity index (χ4v) is 3.61. The van der Waals surface area contributed by atoms with Crippen molar-refractivity contribution < 1.29 is 17.9 Å². The predicted molar refractivity (Wildman–Crippen MR) is 102 cm³/mol. The number of alkyl halides is 3. The molecular weight excluding hydrogens is 425 g/mol. The van der Waals surface area contributed by atoms with E-state index < -0.39 is 18.9 Å². The normalized spacial score (nSPS) is 19.3. The van der Waals surface area contributed by atoms with Crippen LogP contribution in [-0.2, 0) is 24.6 Å². The number of aromatic nitrogens is 6. The van der Waals surface area contributed by atoms with E-state index in [9.17, 15) is 13.2 Å². The lowest BCUT2D eigenvalue weighted by Gasteiger charge is -2.27. The van der Waals surface area contributed by atoms with Crippen molar-refractivity contribution in [3.63, 3.8) is 0 Å². The molecule has 0 amide bonds. The number of halogens is 4. The van der Waals surface area contributed by atoms with Crippen LogP contribution in [-0.4, -0.2) is 59.8 Å². The molecule has 0 radical (unpaired) electrons. The third-order valence-corrected chi connectivity index (χ3v) is 5.42. The molecule has 0 bridgehead atoms. The lowest BCUT2D eigenvalue weighted by molar-refractivity contribution is -0.159. The zero-order chi connectivity index (χ0) is 21.5. The van der Waals surface area contributed by atoms with E-state index in [4.69, 9.17) is 16.5 Å². The zero-order valence-corrected chi connectivity index (χ0v) is 17.4. The molecule has 1 fully saturated rings. The van der Waals surface area contributed by atoms with E-state index in [1.807, 2.05) is 7.05 Å². The molecule has 13 heteroatoms. The minimum Gasteiger partial charge on any atom is -0.479 e. The van der Waals surface area contributed by atoms with Crippen molar-refractivity contribution in [1.29, 1.82) is 0 Å². The summed E-state index contributed by atoms with van der Waals surface area (Å²) in [6, 6.07) is 0. The third kappa shape index (κ3) is 4.32. The first-order chi connectivity index (χ1) is 14.2. The second-order valence-corrected chi connectivity index (χ2v) is 7.71. The summed E-state index contributed by atoms with van der Waals surface area (Å²) >= 11 is 6.09. The van der Waals surface area contributed by atoms with Crippen LogP contribution in [0.2, 0.25) is 0 Å². The first-order valence-corrected chi connectivity index (χ1v) is 10.0. The zero-order valence-electron chi connectivity index (χ0n) is 16.6. The highest BCUT2D eigenvalue weighted by atomic mass is 35.5. The number of anilines is 1. The van der Waals surface area contributed by atoms with Crippen molar-refractivity contribution in [3.8, 4) is 0 Å². The maximum Gasteiger partial charge on any atom is 0.422 e. The molecule has 4 rings (SSSR count). The summed E-state index contributed by atoms with van der Waals surface area (Å²) in [5, 5.41) is 8.89. The summed E-state index contributed by atoms with van der Waals surface area (Å²) in [5.41, 5.74) is 0. The molecule has 0 N–H and O–H groups in total. The predicted octanol–water partition coefficient (Wildman–Crippen LogP) is 2.66. The number of ether oxygens (including phenoxy) is 1. The molecule has 30 heavy (non-hydrogen) atoms. The van der Waals surface area contributed by atoms with Crippen LogP contribution in [0.3, 0.4) is 0 Å². The van der Waals surface area contributed by atoms with Crippen LogP contribution in [0.5, 0.6) is 0 Å². The molecule has 0 spiro atoms. The van der Waals surface area contributed by atoms with Gasteiger partial charge in [0.1, 0.15) is 12.0 Å². The molecule has 2 aliphatic heterocycles. The summed E-state index contributed by atoms with van der Waals surface area (Å²) in [4.78, 5) is 11.2. The van der Waals surface area contributed by atoms with Crippen LogP contribution in [0, 0.1) is 0 Å². The van der Waals surface area contributed by atoms with E-state index in [0.29, 0.717) is 18.7 Å². The molecule has 9 nitrogen and oxygen atoms in total. The van der Waals surface area contributed by atoms with E-state index in [-0.39, 0.29) is 11.6 Å². The lowest BCUT2D eigenvalue weighted by Crippen LogP contribution is -2.27. The van der Waals surface area contributed by atoms with Crippen LogP contribution in [0.4, 0.5) is 19.1 Å². The molecule has 0 saturated carbocycles. The molecule has 1 saturated heterocycles. The summed E-state index contributed by atoms with van der Waals surface area (Å²) in [5.74, 6) is 2.12. The van der Waals surface area contributed by atoms with Gasteiger partial charge in [0, 0.05) is 44.8 Å². The molecule has 0 aromatic carbocycles. The fraction of sp³-hybridized carbons (Fsp3) is 0.647. The van der Waals surface area contributed by atoms with Gasteiger partial charge in [-0.1, -0.05) is 0 Å². The summed E-state index contributed by atoms with van der Waals surface area (Å²) in [6.45, 7) is 2.24. The quantitative estimate of drug-likeness (QED) is 0.631. The van der Waals surface area contributed by atoms with E-state index in [1.54, 1.807) is 11.6 Å². The number of nitrogens with zero attached hydrogens (tertiary/aromatic N) is 8. The van der Waals surface area contributed by atoms with Gasteiger partial charge in [-0.25, -0.2) is 9.67 Å². The van der Waals surface area contributed by atoms with Crippen molar-refractivity contribution in [1.82, 2.24) is 33.9 Å². The van der Waals surface area contributed by atoms with Gasteiger partial charge >= 0.3 is 6.18 Å². The van der Waals surface area contributed by atoms with Crippen molar-refractivity contribution >= 4 is 23.5 Å².